The summed E-state index contributed by atoms with van der Waals surface area (Å²) >= 11 is 3.13. The molecule has 8 nitrogen and oxygen atoms in total. The Morgan fingerprint density at radius 2 is 1.23 bits per heavy atom. The predicted octanol–water partition coefficient (Wildman–Crippen LogP) is 4.42. The van der Waals surface area contributed by atoms with Crippen molar-refractivity contribution in [1.82, 2.24) is 9.80 Å². The molecule has 4 amide bonds. The van der Waals surface area contributed by atoms with E-state index in [9.17, 15) is 28.8 Å². The van der Waals surface area contributed by atoms with E-state index in [1.165, 1.54) is 9.80 Å². The highest BCUT2D eigenvalue weighted by molar-refractivity contribution is 8.03. The summed E-state index contributed by atoms with van der Waals surface area (Å²) in [7, 11) is 0. The van der Waals surface area contributed by atoms with E-state index in [0.717, 1.165) is 34.2 Å². The third kappa shape index (κ3) is 6.11. The van der Waals surface area contributed by atoms with Gasteiger partial charge in [0, 0.05) is 58.7 Å². The summed E-state index contributed by atoms with van der Waals surface area (Å²) in [4.78, 5) is 81.3. The van der Waals surface area contributed by atoms with Gasteiger partial charge in [-0.25, -0.2) is 0 Å². The lowest BCUT2D eigenvalue weighted by Crippen LogP contribution is -2.56. The van der Waals surface area contributed by atoms with Gasteiger partial charge in [-0.05, 0) is 64.4 Å². The number of rotatable bonds is 12. The minimum atomic E-state index is -0.800. The number of thioether (sulfide) groups is 2. The first kappa shape index (κ1) is 29.8. The van der Waals surface area contributed by atoms with Gasteiger partial charge in [-0.3, -0.25) is 38.6 Å². The molecule has 4 aliphatic heterocycles. The van der Waals surface area contributed by atoms with Crippen LogP contribution in [0.2, 0.25) is 0 Å². The molecule has 212 valence electrons. The predicted molar refractivity (Wildman–Crippen MR) is 151 cm³/mol. The second-order valence-electron chi connectivity index (χ2n) is 11.7. The van der Waals surface area contributed by atoms with E-state index >= 15 is 0 Å². The van der Waals surface area contributed by atoms with E-state index in [2.05, 4.69) is 0 Å². The number of fused-ring (bicyclic) bond motifs is 2. The Morgan fingerprint density at radius 3 is 1.74 bits per heavy atom. The van der Waals surface area contributed by atoms with E-state index in [4.69, 9.17) is 0 Å². The third-order valence-electron chi connectivity index (χ3n) is 8.59. The Labute approximate surface area is 238 Å². The molecule has 3 atom stereocenters. The van der Waals surface area contributed by atoms with Gasteiger partial charge >= 0.3 is 0 Å². The first-order valence-corrected chi connectivity index (χ1v) is 15.8. The molecule has 0 bridgehead atoms. The Morgan fingerprint density at radius 1 is 0.769 bits per heavy atom. The summed E-state index contributed by atoms with van der Waals surface area (Å²) < 4.78 is 0. The zero-order chi connectivity index (χ0) is 28.5. The van der Waals surface area contributed by atoms with Crippen LogP contribution in [-0.2, 0) is 28.8 Å². The van der Waals surface area contributed by atoms with Gasteiger partial charge in [0.25, 0.3) is 11.8 Å². The molecule has 0 aromatic rings. The summed E-state index contributed by atoms with van der Waals surface area (Å²) in [5.41, 5.74) is -1.56. The number of carbonyl (C=O) groups is 6. The molecule has 0 saturated carbocycles. The van der Waals surface area contributed by atoms with Crippen molar-refractivity contribution >= 4 is 58.7 Å². The first-order valence-electron chi connectivity index (χ1n) is 13.9. The van der Waals surface area contributed by atoms with Crippen LogP contribution in [0, 0.1) is 11.8 Å². The minimum absolute atomic E-state index is 0.0790. The van der Waals surface area contributed by atoms with Crippen LogP contribution < -0.4 is 0 Å². The highest BCUT2D eigenvalue weighted by Crippen LogP contribution is 2.43. The number of amides is 4. The Hall–Kier alpha value is -2.20. The summed E-state index contributed by atoms with van der Waals surface area (Å²) in [6, 6.07) is 0. The van der Waals surface area contributed by atoms with Crippen molar-refractivity contribution < 1.29 is 28.8 Å². The molecule has 39 heavy (non-hydrogen) atoms. The van der Waals surface area contributed by atoms with Gasteiger partial charge in [0.15, 0.2) is 0 Å². The van der Waals surface area contributed by atoms with Gasteiger partial charge in [0.2, 0.25) is 11.8 Å². The number of hydrogen-bond acceptors (Lipinski definition) is 8. The molecule has 10 heteroatoms. The Balaban J connectivity index is 1.26. The van der Waals surface area contributed by atoms with Gasteiger partial charge in [-0.2, -0.15) is 0 Å². The summed E-state index contributed by atoms with van der Waals surface area (Å²) in [6.45, 7) is 7.38. The summed E-state index contributed by atoms with van der Waals surface area (Å²) in [5.74, 6) is 0.0203. The molecule has 4 rings (SSSR count). The molecule has 0 aromatic heterocycles. The standard InChI is InChI=1S/C29H38N2O6S2/c1-5-29(4,31-25(35)17-23-21(27(31)37)11-15-39-23)13-9-19(33)7-6-18(32)8-12-28(2,3)30-24(34)16-22-20(26(30)36)10-14-38-22/h16-17,20-21H,5-15H2,1-4H3. The van der Waals surface area contributed by atoms with E-state index < -0.39 is 11.1 Å². The van der Waals surface area contributed by atoms with E-state index in [-0.39, 0.29) is 72.7 Å². The maximum Gasteiger partial charge on any atom is 0.254 e. The molecule has 2 saturated heterocycles. The fraction of sp³-hybridized carbons (Fsp3) is 0.655. The molecular formula is C29H38N2O6S2. The Kier molecular flexibility index (Phi) is 8.95. The smallest absolute Gasteiger partial charge is 0.254 e. The SMILES string of the molecule is CCC(C)(CCC(=O)CCC(=O)CCC(C)(C)N1C(=O)C=C2SCCC2C1=O)N1C(=O)C=C2SCCC2C1=O. The Bertz CT molecular complexity index is 1160. The molecule has 2 fully saturated rings. The van der Waals surface area contributed by atoms with Crippen LogP contribution in [0.1, 0.15) is 85.5 Å². The van der Waals surface area contributed by atoms with Crippen LogP contribution in [-0.4, -0.2) is 67.6 Å². The molecule has 0 radical (unpaired) electrons. The summed E-state index contributed by atoms with van der Waals surface area (Å²) in [6.07, 6.45) is 6.37. The topological polar surface area (TPSA) is 109 Å². The van der Waals surface area contributed by atoms with E-state index in [1.54, 1.807) is 49.5 Å². The van der Waals surface area contributed by atoms with Gasteiger partial charge in [-0.1, -0.05) is 6.92 Å². The van der Waals surface area contributed by atoms with Crippen molar-refractivity contribution in [2.75, 3.05) is 11.5 Å². The average Bonchev–Trinajstić information content (AvgIpc) is 3.54. The highest BCUT2D eigenvalue weighted by Gasteiger charge is 2.47. The maximum atomic E-state index is 13.1. The number of ketones is 2. The second kappa shape index (κ2) is 11.7. The van der Waals surface area contributed by atoms with E-state index in [0.29, 0.717) is 19.3 Å². The zero-order valence-electron chi connectivity index (χ0n) is 23.2. The lowest BCUT2D eigenvalue weighted by molar-refractivity contribution is -0.154. The molecule has 0 aliphatic carbocycles. The van der Waals surface area contributed by atoms with E-state index in [1.807, 2.05) is 13.8 Å². The maximum absolute atomic E-state index is 13.1. The monoisotopic (exact) mass is 574 g/mol. The van der Waals surface area contributed by atoms with Crippen molar-refractivity contribution in [3.05, 3.63) is 22.0 Å². The molecule has 0 spiro atoms. The first-order chi connectivity index (χ1) is 18.4. The van der Waals surface area contributed by atoms with Crippen LogP contribution in [0.3, 0.4) is 0 Å². The van der Waals surface area contributed by atoms with Crippen molar-refractivity contribution in [1.29, 1.82) is 0 Å². The molecule has 4 heterocycles. The molecule has 0 N–H and O–H groups in total. The highest BCUT2D eigenvalue weighted by atomic mass is 32.2. The van der Waals surface area contributed by atoms with Crippen LogP contribution in [0.15, 0.2) is 22.0 Å². The van der Waals surface area contributed by atoms with Crippen molar-refractivity contribution in [3.8, 4) is 0 Å². The van der Waals surface area contributed by atoms with Crippen LogP contribution >= 0.6 is 23.5 Å². The molecule has 3 unspecified atom stereocenters. The van der Waals surface area contributed by atoms with Gasteiger partial charge in [-0.15, -0.1) is 23.5 Å². The largest absolute Gasteiger partial charge is 0.300 e. The number of nitrogens with zero attached hydrogens (tertiary/aromatic N) is 2. The van der Waals surface area contributed by atoms with Gasteiger partial charge in [0.05, 0.1) is 11.8 Å². The second-order valence-corrected chi connectivity index (χ2v) is 14.1. The third-order valence-corrected chi connectivity index (χ3v) is 10.9. The fourth-order valence-electron chi connectivity index (χ4n) is 5.82. The average molecular weight is 575 g/mol. The lowest BCUT2D eigenvalue weighted by Gasteiger charge is -2.42. The number of imide groups is 2. The number of hydrogen-bond donors (Lipinski definition) is 0. The van der Waals surface area contributed by atoms with Gasteiger partial charge < -0.3 is 0 Å². The number of carbonyl (C=O) groups excluding carboxylic acids is 6. The van der Waals surface area contributed by atoms with Crippen LogP contribution in [0.25, 0.3) is 0 Å². The zero-order valence-corrected chi connectivity index (χ0v) is 24.9. The van der Waals surface area contributed by atoms with Crippen molar-refractivity contribution in [3.63, 3.8) is 0 Å². The van der Waals surface area contributed by atoms with Crippen LogP contribution in [0.5, 0.6) is 0 Å². The lowest BCUT2D eigenvalue weighted by atomic mass is 9.85. The fourth-order valence-corrected chi connectivity index (χ4v) is 8.21. The van der Waals surface area contributed by atoms with Crippen molar-refractivity contribution in [2.24, 2.45) is 11.8 Å². The summed E-state index contributed by atoms with van der Waals surface area (Å²) in [5, 5.41) is 0. The molecule has 0 aromatic carbocycles. The quantitative estimate of drug-likeness (QED) is 0.315. The molecular weight excluding hydrogens is 536 g/mol. The van der Waals surface area contributed by atoms with Gasteiger partial charge in [0.1, 0.15) is 11.6 Å². The van der Waals surface area contributed by atoms with Crippen molar-refractivity contribution in [2.45, 2.75) is 96.6 Å². The normalized spacial score (nSPS) is 24.8. The van der Waals surface area contributed by atoms with Crippen LogP contribution in [0.4, 0.5) is 0 Å². The molecule has 4 aliphatic rings. The number of Topliss-reactive ketones (excluding diaryl/α,β-unsaturated/α-hetero) is 2. The minimum Gasteiger partial charge on any atom is -0.300 e.